The van der Waals surface area contributed by atoms with E-state index in [0.29, 0.717) is 17.6 Å². The van der Waals surface area contributed by atoms with E-state index >= 15 is 0 Å². The van der Waals surface area contributed by atoms with Crippen LogP contribution in [0, 0.1) is 5.41 Å². The summed E-state index contributed by atoms with van der Waals surface area (Å²) < 4.78 is 1.59. The molecule has 0 atom stereocenters. The first-order valence-electron chi connectivity index (χ1n) is 5.31. The van der Waals surface area contributed by atoms with Gasteiger partial charge >= 0.3 is 0 Å². The normalized spacial score (nSPS) is 10.8. The number of nitrogens with one attached hydrogen (secondary N) is 1. The zero-order chi connectivity index (χ0) is 12.4. The SMILES string of the molecule is CC(C)c1ccn(-c2nccc(C(=N)N)n2)n1. The monoisotopic (exact) mass is 230 g/mol. The second kappa shape index (κ2) is 4.32. The van der Waals surface area contributed by atoms with Gasteiger partial charge in [-0.05, 0) is 18.1 Å². The molecule has 2 aromatic heterocycles. The molecule has 0 aromatic carbocycles. The fourth-order valence-corrected chi connectivity index (χ4v) is 1.37. The van der Waals surface area contributed by atoms with Gasteiger partial charge in [0.15, 0.2) is 0 Å². The number of aromatic nitrogens is 4. The highest BCUT2D eigenvalue weighted by atomic mass is 15.3. The van der Waals surface area contributed by atoms with Crippen molar-refractivity contribution in [3.8, 4) is 5.95 Å². The van der Waals surface area contributed by atoms with Crippen molar-refractivity contribution < 1.29 is 0 Å². The molecule has 0 amide bonds. The Morgan fingerprint density at radius 2 is 2.18 bits per heavy atom. The number of amidine groups is 1. The lowest BCUT2D eigenvalue weighted by atomic mass is 10.1. The molecular weight excluding hydrogens is 216 g/mol. The van der Waals surface area contributed by atoms with Crippen molar-refractivity contribution in [2.45, 2.75) is 19.8 Å². The molecule has 0 aliphatic rings. The van der Waals surface area contributed by atoms with E-state index in [0.717, 1.165) is 5.69 Å². The van der Waals surface area contributed by atoms with Crippen LogP contribution < -0.4 is 5.73 Å². The third-order valence-electron chi connectivity index (χ3n) is 2.32. The van der Waals surface area contributed by atoms with E-state index in [1.165, 1.54) is 0 Å². The molecule has 6 nitrogen and oxygen atoms in total. The minimum absolute atomic E-state index is 0.0788. The molecule has 0 fully saturated rings. The van der Waals surface area contributed by atoms with Crippen LogP contribution in [0.1, 0.15) is 31.2 Å². The number of rotatable bonds is 3. The van der Waals surface area contributed by atoms with Gasteiger partial charge in [0, 0.05) is 12.4 Å². The second-order valence-corrected chi connectivity index (χ2v) is 4.00. The molecule has 3 N–H and O–H groups in total. The molecule has 17 heavy (non-hydrogen) atoms. The molecule has 0 aliphatic carbocycles. The molecule has 0 saturated heterocycles. The first-order valence-corrected chi connectivity index (χ1v) is 5.31. The van der Waals surface area contributed by atoms with Gasteiger partial charge in [-0.3, -0.25) is 5.41 Å². The zero-order valence-corrected chi connectivity index (χ0v) is 9.75. The van der Waals surface area contributed by atoms with Gasteiger partial charge in [0.1, 0.15) is 11.5 Å². The van der Waals surface area contributed by atoms with E-state index in [1.54, 1.807) is 23.1 Å². The van der Waals surface area contributed by atoms with Crippen LogP contribution in [-0.4, -0.2) is 25.6 Å². The van der Waals surface area contributed by atoms with Crippen molar-refractivity contribution in [1.82, 2.24) is 19.7 Å². The lowest BCUT2D eigenvalue weighted by molar-refractivity contribution is 0.741. The van der Waals surface area contributed by atoms with Gasteiger partial charge in [0.25, 0.3) is 5.95 Å². The number of hydrogen-bond donors (Lipinski definition) is 2. The van der Waals surface area contributed by atoms with Crippen LogP contribution in [-0.2, 0) is 0 Å². The Bertz CT molecular complexity index is 542. The maximum absolute atomic E-state index is 7.33. The predicted molar refractivity (Wildman–Crippen MR) is 64.3 cm³/mol. The maximum atomic E-state index is 7.33. The van der Waals surface area contributed by atoms with E-state index in [-0.39, 0.29) is 5.84 Å². The van der Waals surface area contributed by atoms with Gasteiger partial charge in [-0.15, -0.1) is 0 Å². The zero-order valence-electron chi connectivity index (χ0n) is 9.75. The topological polar surface area (TPSA) is 93.5 Å². The minimum Gasteiger partial charge on any atom is -0.382 e. The van der Waals surface area contributed by atoms with Gasteiger partial charge in [-0.25, -0.2) is 14.6 Å². The molecule has 0 bridgehead atoms. The average molecular weight is 230 g/mol. The fraction of sp³-hybridized carbons (Fsp3) is 0.273. The Hall–Kier alpha value is -2.24. The summed E-state index contributed by atoms with van der Waals surface area (Å²) in [5.74, 6) is 0.696. The third-order valence-corrected chi connectivity index (χ3v) is 2.32. The summed E-state index contributed by atoms with van der Waals surface area (Å²) in [6.45, 7) is 4.14. The lowest BCUT2D eigenvalue weighted by Crippen LogP contribution is -2.15. The van der Waals surface area contributed by atoms with Gasteiger partial charge < -0.3 is 5.73 Å². The van der Waals surface area contributed by atoms with Crippen LogP contribution in [0.2, 0.25) is 0 Å². The van der Waals surface area contributed by atoms with Crippen molar-refractivity contribution >= 4 is 5.84 Å². The summed E-state index contributed by atoms with van der Waals surface area (Å²) in [6.07, 6.45) is 3.37. The Balaban J connectivity index is 2.38. The highest BCUT2D eigenvalue weighted by Crippen LogP contribution is 2.12. The van der Waals surface area contributed by atoms with Crippen molar-refractivity contribution in [2.75, 3.05) is 0 Å². The molecule has 0 radical (unpaired) electrons. The number of nitrogens with zero attached hydrogens (tertiary/aromatic N) is 4. The van der Waals surface area contributed by atoms with Crippen molar-refractivity contribution in [1.29, 1.82) is 5.41 Å². The summed E-state index contributed by atoms with van der Waals surface area (Å²) in [5, 5.41) is 11.7. The summed E-state index contributed by atoms with van der Waals surface area (Å²) in [7, 11) is 0. The standard InChI is InChI=1S/C11H14N6/c1-7(2)8-4-6-17(16-8)11-14-5-3-9(15-11)10(12)13/h3-7H,1-2H3,(H3,12,13). The summed E-state index contributed by atoms with van der Waals surface area (Å²) in [6, 6.07) is 3.52. The van der Waals surface area contributed by atoms with Gasteiger partial charge in [0.2, 0.25) is 0 Å². The molecule has 0 aliphatic heterocycles. The Morgan fingerprint density at radius 3 is 2.76 bits per heavy atom. The second-order valence-electron chi connectivity index (χ2n) is 4.00. The summed E-state index contributed by atoms with van der Waals surface area (Å²) in [5.41, 5.74) is 6.75. The number of hydrogen-bond acceptors (Lipinski definition) is 4. The van der Waals surface area contributed by atoms with Crippen LogP contribution in [0.4, 0.5) is 0 Å². The largest absolute Gasteiger partial charge is 0.382 e. The van der Waals surface area contributed by atoms with Gasteiger partial charge in [-0.1, -0.05) is 13.8 Å². The first kappa shape index (κ1) is 11.3. The molecule has 2 heterocycles. The molecule has 0 saturated carbocycles. The predicted octanol–water partition coefficient (Wildman–Crippen LogP) is 1.07. The molecule has 88 valence electrons. The van der Waals surface area contributed by atoms with Crippen molar-refractivity contribution in [2.24, 2.45) is 5.73 Å². The maximum Gasteiger partial charge on any atom is 0.251 e. The van der Waals surface area contributed by atoms with E-state index in [1.807, 2.05) is 6.07 Å². The molecule has 6 heteroatoms. The molecule has 2 aromatic rings. The van der Waals surface area contributed by atoms with E-state index in [4.69, 9.17) is 11.1 Å². The van der Waals surface area contributed by atoms with Crippen LogP contribution in [0.3, 0.4) is 0 Å². The molecule has 0 unspecified atom stereocenters. The quantitative estimate of drug-likeness (QED) is 0.609. The number of nitrogen functional groups attached to an aromatic ring is 1. The first-order chi connectivity index (χ1) is 8.08. The van der Waals surface area contributed by atoms with E-state index in [9.17, 15) is 0 Å². The fourth-order valence-electron chi connectivity index (χ4n) is 1.37. The van der Waals surface area contributed by atoms with Crippen molar-refractivity contribution in [3.63, 3.8) is 0 Å². The lowest BCUT2D eigenvalue weighted by Gasteiger charge is -2.02. The van der Waals surface area contributed by atoms with Gasteiger partial charge in [0.05, 0.1) is 5.69 Å². The Labute approximate surface area is 99.0 Å². The average Bonchev–Trinajstić information content (AvgIpc) is 2.78. The number of nitrogens with two attached hydrogens (primary N) is 1. The van der Waals surface area contributed by atoms with Crippen LogP contribution in [0.5, 0.6) is 0 Å². The smallest absolute Gasteiger partial charge is 0.251 e. The summed E-state index contributed by atoms with van der Waals surface area (Å²) in [4.78, 5) is 8.26. The van der Waals surface area contributed by atoms with E-state index < -0.39 is 0 Å². The van der Waals surface area contributed by atoms with Crippen LogP contribution in [0.15, 0.2) is 24.5 Å². The van der Waals surface area contributed by atoms with Crippen molar-refractivity contribution in [3.05, 3.63) is 35.9 Å². The van der Waals surface area contributed by atoms with Crippen LogP contribution >= 0.6 is 0 Å². The summed E-state index contributed by atoms with van der Waals surface area (Å²) >= 11 is 0. The molecular formula is C11H14N6. The Kier molecular flexibility index (Phi) is 2.86. The third kappa shape index (κ3) is 2.30. The highest BCUT2D eigenvalue weighted by Gasteiger charge is 2.07. The molecule has 2 rings (SSSR count). The van der Waals surface area contributed by atoms with Crippen LogP contribution in [0.25, 0.3) is 5.95 Å². The van der Waals surface area contributed by atoms with E-state index in [2.05, 4.69) is 28.9 Å². The molecule has 0 spiro atoms. The minimum atomic E-state index is -0.0788. The van der Waals surface area contributed by atoms with Gasteiger partial charge in [-0.2, -0.15) is 5.10 Å². The highest BCUT2D eigenvalue weighted by molar-refractivity contribution is 5.92. The Morgan fingerprint density at radius 1 is 1.41 bits per heavy atom.